The Labute approximate surface area is 144 Å². The van der Waals surface area contributed by atoms with E-state index in [1.54, 1.807) is 30.5 Å². The van der Waals surface area contributed by atoms with Gasteiger partial charge in [0, 0.05) is 12.3 Å². The monoisotopic (exact) mass is 360 g/mol. The Bertz CT molecular complexity index is 1050. The van der Waals surface area contributed by atoms with Crippen molar-refractivity contribution in [1.29, 1.82) is 0 Å². The molecule has 4 aromatic rings. The highest BCUT2D eigenvalue weighted by atomic mass is 35.5. The van der Waals surface area contributed by atoms with Crippen LogP contribution in [0.5, 0.6) is 0 Å². The van der Waals surface area contributed by atoms with E-state index in [-0.39, 0.29) is 12.4 Å². The van der Waals surface area contributed by atoms with Gasteiger partial charge in [-0.2, -0.15) is 0 Å². The van der Waals surface area contributed by atoms with E-state index in [0.29, 0.717) is 27.0 Å². The number of hydrogen-bond donors (Lipinski definition) is 1. The van der Waals surface area contributed by atoms with Gasteiger partial charge in [0.2, 0.25) is 5.82 Å². The quantitative estimate of drug-likeness (QED) is 0.598. The van der Waals surface area contributed by atoms with Gasteiger partial charge in [-0.05, 0) is 24.3 Å². The van der Waals surface area contributed by atoms with Crippen molar-refractivity contribution in [3.05, 3.63) is 52.4 Å². The minimum absolute atomic E-state index is 0.0904. The van der Waals surface area contributed by atoms with Crippen LogP contribution in [0.25, 0.3) is 21.8 Å². The van der Waals surface area contributed by atoms with Crippen molar-refractivity contribution >= 4 is 40.1 Å². The fourth-order valence-electron chi connectivity index (χ4n) is 2.38. The predicted molar refractivity (Wildman–Crippen MR) is 88.4 cm³/mol. The molecule has 0 spiro atoms. The van der Waals surface area contributed by atoms with Crippen molar-refractivity contribution < 1.29 is 14.4 Å². The third-order valence-corrected chi connectivity index (χ3v) is 4.64. The number of nitrogens with zero attached hydrogens (tertiary/aromatic N) is 4. The van der Waals surface area contributed by atoms with E-state index in [9.17, 15) is 9.90 Å². The van der Waals surface area contributed by atoms with Crippen molar-refractivity contribution in [3.8, 4) is 10.6 Å². The molecule has 0 atom stereocenters. The summed E-state index contributed by atoms with van der Waals surface area (Å²) in [4.78, 5) is 20.6. The maximum absolute atomic E-state index is 11.4. The second kappa shape index (κ2) is 5.73. The van der Waals surface area contributed by atoms with Gasteiger partial charge >= 0.3 is 5.97 Å². The van der Waals surface area contributed by atoms with Gasteiger partial charge in [0.05, 0.1) is 15.8 Å². The molecule has 0 saturated carbocycles. The van der Waals surface area contributed by atoms with E-state index >= 15 is 0 Å². The SMILES string of the molecule is O=C(O)c1nc2cccnc2n1Cc1cc(-c2ccc(Cl)s2)on1. The van der Waals surface area contributed by atoms with E-state index in [4.69, 9.17) is 16.1 Å². The van der Waals surface area contributed by atoms with Gasteiger partial charge < -0.3 is 9.63 Å². The molecule has 0 amide bonds. The molecule has 4 rings (SSSR count). The lowest BCUT2D eigenvalue weighted by Gasteiger charge is -2.02. The summed E-state index contributed by atoms with van der Waals surface area (Å²) in [5.74, 6) is -0.634. The number of rotatable bonds is 4. The number of halogens is 1. The number of carboxylic acid groups (broad SMARTS) is 1. The molecule has 4 aromatic heterocycles. The number of thiophene rings is 1. The fourth-order valence-corrected chi connectivity index (χ4v) is 3.37. The van der Waals surface area contributed by atoms with Crippen LogP contribution in [-0.2, 0) is 6.54 Å². The fraction of sp³-hybridized carbons (Fsp3) is 0.0667. The first-order valence-electron chi connectivity index (χ1n) is 6.87. The lowest BCUT2D eigenvalue weighted by atomic mass is 10.3. The molecular formula is C15H9ClN4O3S. The van der Waals surface area contributed by atoms with E-state index in [1.165, 1.54) is 15.9 Å². The topological polar surface area (TPSA) is 94.0 Å². The Balaban J connectivity index is 1.73. The summed E-state index contributed by atoms with van der Waals surface area (Å²) in [6, 6.07) is 8.80. The van der Waals surface area contributed by atoms with Crippen LogP contribution >= 0.6 is 22.9 Å². The van der Waals surface area contributed by atoms with Crippen molar-refractivity contribution in [2.75, 3.05) is 0 Å². The number of hydrogen-bond acceptors (Lipinski definition) is 6. The average molecular weight is 361 g/mol. The summed E-state index contributed by atoms with van der Waals surface area (Å²) in [5, 5.41) is 13.4. The lowest BCUT2D eigenvalue weighted by Crippen LogP contribution is -2.11. The molecule has 0 aromatic carbocycles. The summed E-state index contributed by atoms with van der Waals surface area (Å²) in [5.41, 5.74) is 1.57. The molecule has 0 aliphatic carbocycles. The first kappa shape index (κ1) is 14.9. The van der Waals surface area contributed by atoms with E-state index < -0.39 is 5.97 Å². The third kappa shape index (κ3) is 2.55. The van der Waals surface area contributed by atoms with E-state index in [2.05, 4.69) is 15.1 Å². The normalized spacial score (nSPS) is 11.2. The number of fused-ring (bicyclic) bond motifs is 1. The Morgan fingerprint density at radius 3 is 3.00 bits per heavy atom. The number of aromatic nitrogens is 4. The van der Waals surface area contributed by atoms with Gasteiger partial charge in [-0.3, -0.25) is 4.57 Å². The van der Waals surface area contributed by atoms with Crippen LogP contribution in [0.3, 0.4) is 0 Å². The minimum Gasteiger partial charge on any atom is -0.475 e. The molecule has 0 aliphatic heterocycles. The Kier molecular flexibility index (Phi) is 3.55. The van der Waals surface area contributed by atoms with Crippen molar-refractivity contribution in [1.82, 2.24) is 19.7 Å². The van der Waals surface area contributed by atoms with E-state index in [0.717, 1.165) is 4.88 Å². The second-order valence-electron chi connectivity index (χ2n) is 4.96. The lowest BCUT2D eigenvalue weighted by molar-refractivity contribution is 0.0679. The highest BCUT2D eigenvalue weighted by Crippen LogP contribution is 2.31. The predicted octanol–water partition coefficient (Wildman–Crippen LogP) is 3.55. The summed E-state index contributed by atoms with van der Waals surface area (Å²) < 4.78 is 7.48. The number of imidazole rings is 1. The average Bonchev–Trinajstić information content (AvgIpc) is 3.27. The Hall–Kier alpha value is -2.71. The maximum atomic E-state index is 11.4. The summed E-state index contributed by atoms with van der Waals surface area (Å²) in [6.45, 7) is 0.192. The van der Waals surface area contributed by atoms with Crippen LogP contribution < -0.4 is 0 Å². The van der Waals surface area contributed by atoms with Crippen molar-refractivity contribution in [2.24, 2.45) is 0 Å². The zero-order chi connectivity index (χ0) is 16.7. The van der Waals surface area contributed by atoms with Gasteiger partial charge in [0.1, 0.15) is 11.2 Å². The van der Waals surface area contributed by atoms with Crippen LogP contribution in [0.15, 0.2) is 41.1 Å². The third-order valence-electron chi connectivity index (χ3n) is 3.39. The van der Waals surface area contributed by atoms with Crippen molar-refractivity contribution in [2.45, 2.75) is 6.54 Å². The van der Waals surface area contributed by atoms with Crippen LogP contribution in [0.2, 0.25) is 4.34 Å². The van der Waals surface area contributed by atoms with Gasteiger partial charge in [-0.15, -0.1) is 11.3 Å². The molecule has 0 bridgehead atoms. The van der Waals surface area contributed by atoms with Crippen molar-refractivity contribution in [3.63, 3.8) is 0 Å². The first-order chi connectivity index (χ1) is 11.6. The Morgan fingerprint density at radius 2 is 2.25 bits per heavy atom. The number of pyridine rings is 1. The standard InChI is InChI=1S/C15H9ClN4O3S/c16-12-4-3-11(24-12)10-6-8(19-23-10)7-20-13-9(2-1-5-17-13)18-14(20)15(21)22/h1-6H,7H2,(H,21,22). The van der Waals surface area contributed by atoms with Crippen LogP contribution in [0.4, 0.5) is 0 Å². The molecule has 120 valence electrons. The molecule has 0 aliphatic rings. The van der Waals surface area contributed by atoms with Gasteiger partial charge in [-0.25, -0.2) is 14.8 Å². The molecule has 7 nitrogen and oxygen atoms in total. The molecular weight excluding hydrogens is 352 g/mol. The molecule has 0 saturated heterocycles. The summed E-state index contributed by atoms with van der Waals surface area (Å²) in [6.07, 6.45) is 1.59. The van der Waals surface area contributed by atoms with Crippen LogP contribution in [0.1, 0.15) is 16.3 Å². The summed E-state index contributed by atoms with van der Waals surface area (Å²) >= 11 is 7.30. The highest BCUT2D eigenvalue weighted by Gasteiger charge is 2.19. The molecule has 9 heteroatoms. The molecule has 0 fully saturated rings. The second-order valence-corrected chi connectivity index (χ2v) is 6.67. The zero-order valence-electron chi connectivity index (χ0n) is 12.0. The molecule has 24 heavy (non-hydrogen) atoms. The largest absolute Gasteiger partial charge is 0.475 e. The van der Waals surface area contributed by atoms with Gasteiger partial charge in [0.25, 0.3) is 0 Å². The molecule has 0 radical (unpaired) electrons. The number of carbonyl (C=O) groups is 1. The molecule has 4 heterocycles. The smallest absolute Gasteiger partial charge is 0.372 e. The van der Waals surface area contributed by atoms with E-state index in [1.807, 2.05) is 6.07 Å². The minimum atomic E-state index is -1.12. The zero-order valence-corrected chi connectivity index (χ0v) is 13.6. The highest BCUT2D eigenvalue weighted by molar-refractivity contribution is 7.19. The first-order valence-corrected chi connectivity index (χ1v) is 8.07. The van der Waals surface area contributed by atoms with Gasteiger partial charge in [-0.1, -0.05) is 16.8 Å². The number of carboxylic acids is 1. The maximum Gasteiger partial charge on any atom is 0.372 e. The van der Waals surface area contributed by atoms with Crippen LogP contribution in [-0.4, -0.2) is 30.8 Å². The summed E-state index contributed by atoms with van der Waals surface area (Å²) in [7, 11) is 0. The number of aromatic carboxylic acids is 1. The Morgan fingerprint density at radius 1 is 1.38 bits per heavy atom. The van der Waals surface area contributed by atoms with Crippen LogP contribution in [0, 0.1) is 0 Å². The molecule has 0 unspecified atom stereocenters. The van der Waals surface area contributed by atoms with Gasteiger partial charge in [0.15, 0.2) is 11.4 Å². The molecule has 1 N–H and O–H groups in total.